The third-order valence-corrected chi connectivity index (χ3v) is 5.94. The maximum atomic E-state index is 4.82. The third-order valence-electron chi connectivity index (χ3n) is 5.94. The number of guanidine groups is 1. The van der Waals surface area contributed by atoms with Gasteiger partial charge in [-0.05, 0) is 43.0 Å². The van der Waals surface area contributed by atoms with Crippen molar-refractivity contribution in [2.24, 2.45) is 4.99 Å². The molecule has 1 atom stereocenters. The van der Waals surface area contributed by atoms with Gasteiger partial charge in [0.1, 0.15) is 0 Å². The van der Waals surface area contributed by atoms with Crippen LogP contribution in [0.4, 0.5) is 0 Å². The first kappa shape index (κ1) is 22.1. The van der Waals surface area contributed by atoms with E-state index in [1.54, 1.807) is 0 Å². The van der Waals surface area contributed by atoms with Gasteiger partial charge in [-0.25, -0.2) is 9.98 Å². The molecule has 0 aliphatic carbocycles. The fourth-order valence-corrected chi connectivity index (χ4v) is 4.22. The molecule has 2 aromatic carbocycles. The van der Waals surface area contributed by atoms with Gasteiger partial charge in [-0.15, -0.1) is 0 Å². The fourth-order valence-electron chi connectivity index (χ4n) is 4.22. The highest BCUT2D eigenvalue weighted by Gasteiger charge is 2.24. The van der Waals surface area contributed by atoms with Crippen LogP contribution < -0.4 is 10.6 Å². The first-order valence-electron chi connectivity index (χ1n) is 11.6. The van der Waals surface area contributed by atoms with E-state index in [1.807, 2.05) is 18.7 Å². The monoisotopic (exact) mass is 430 g/mol. The summed E-state index contributed by atoms with van der Waals surface area (Å²) in [6, 6.07) is 20.0. The zero-order valence-electron chi connectivity index (χ0n) is 19.0. The molecule has 1 fully saturated rings. The Kier molecular flexibility index (Phi) is 7.93. The van der Waals surface area contributed by atoms with Crippen LogP contribution in [-0.4, -0.2) is 46.1 Å². The standard InChI is InChI=1S/C26H34N6/c1-2-28-26(29-17-22-10-12-24(13-11-22)19-31-16-14-27-21-31)30-18-25-9-6-15-32(25)20-23-7-4-3-5-8-23/h3-5,7-8,10-14,16,21,25H,2,6,9,15,17-20H2,1H3,(H2,28,29,30). The molecule has 0 radical (unpaired) electrons. The van der Waals surface area contributed by atoms with Crippen LogP contribution in [0.3, 0.4) is 0 Å². The van der Waals surface area contributed by atoms with Gasteiger partial charge in [0, 0.05) is 44.6 Å². The summed E-state index contributed by atoms with van der Waals surface area (Å²) in [7, 11) is 0. The molecule has 1 aliphatic rings. The van der Waals surface area contributed by atoms with E-state index in [2.05, 4.69) is 86.6 Å². The molecule has 0 bridgehead atoms. The lowest BCUT2D eigenvalue weighted by atomic mass is 10.1. The average molecular weight is 431 g/mol. The molecule has 0 spiro atoms. The van der Waals surface area contributed by atoms with Crippen LogP contribution in [0.5, 0.6) is 0 Å². The molecule has 1 aromatic heterocycles. The number of aromatic nitrogens is 2. The van der Waals surface area contributed by atoms with Crippen LogP contribution in [0.2, 0.25) is 0 Å². The molecule has 2 N–H and O–H groups in total. The van der Waals surface area contributed by atoms with Crippen molar-refractivity contribution in [3.63, 3.8) is 0 Å². The Labute approximate surface area is 191 Å². The maximum Gasteiger partial charge on any atom is 0.191 e. The minimum atomic E-state index is 0.543. The Bertz CT molecular complexity index is 950. The molecular formula is C26H34N6. The molecule has 4 rings (SSSR count). The summed E-state index contributed by atoms with van der Waals surface area (Å²) in [4.78, 5) is 11.5. The lowest BCUT2D eigenvalue weighted by molar-refractivity contribution is 0.245. The first-order chi connectivity index (χ1) is 15.8. The molecule has 6 heteroatoms. The number of rotatable bonds is 9. The van der Waals surface area contributed by atoms with E-state index >= 15 is 0 Å². The average Bonchev–Trinajstić information content (AvgIpc) is 3.49. The van der Waals surface area contributed by atoms with E-state index in [0.717, 1.165) is 32.1 Å². The number of benzene rings is 2. The highest BCUT2D eigenvalue weighted by Crippen LogP contribution is 2.19. The van der Waals surface area contributed by atoms with E-state index in [0.29, 0.717) is 12.6 Å². The number of aliphatic imine (C=N–C) groups is 1. The predicted molar refractivity (Wildman–Crippen MR) is 130 cm³/mol. The third kappa shape index (κ3) is 6.44. The first-order valence-corrected chi connectivity index (χ1v) is 11.6. The highest BCUT2D eigenvalue weighted by atomic mass is 15.2. The minimum Gasteiger partial charge on any atom is -0.357 e. The Balaban J connectivity index is 1.29. The van der Waals surface area contributed by atoms with Crippen LogP contribution in [0.1, 0.15) is 36.5 Å². The predicted octanol–water partition coefficient (Wildman–Crippen LogP) is 3.65. The van der Waals surface area contributed by atoms with Gasteiger partial charge in [0.2, 0.25) is 0 Å². The van der Waals surface area contributed by atoms with Crippen molar-refractivity contribution in [1.29, 1.82) is 0 Å². The molecule has 1 unspecified atom stereocenters. The van der Waals surface area contributed by atoms with Crippen molar-refractivity contribution in [3.8, 4) is 0 Å². The van der Waals surface area contributed by atoms with Crippen molar-refractivity contribution in [2.45, 2.75) is 45.4 Å². The Morgan fingerprint density at radius 2 is 1.78 bits per heavy atom. The molecule has 1 aliphatic heterocycles. The smallest absolute Gasteiger partial charge is 0.191 e. The second-order valence-corrected chi connectivity index (χ2v) is 8.38. The van der Waals surface area contributed by atoms with Crippen LogP contribution in [0.25, 0.3) is 0 Å². The topological polar surface area (TPSA) is 57.5 Å². The second kappa shape index (κ2) is 11.5. The van der Waals surface area contributed by atoms with Crippen molar-refractivity contribution < 1.29 is 0 Å². The SMILES string of the molecule is CCNC(=NCc1ccc(Cn2ccnc2)cc1)NCC1CCCN1Cc1ccccc1. The highest BCUT2D eigenvalue weighted by molar-refractivity contribution is 5.79. The number of hydrogen-bond donors (Lipinski definition) is 2. The van der Waals surface area contributed by atoms with Crippen molar-refractivity contribution in [2.75, 3.05) is 19.6 Å². The van der Waals surface area contributed by atoms with E-state index in [1.165, 1.54) is 36.1 Å². The zero-order chi connectivity index (χ0) is 22.0. The summed E-state index contributed by atoms with van der Waals surface area (Å²) in [5.41, 5.74) is 3.86. The lowest BCUT2D eigenvalue weighted by Gasteiger charge is -2.25. The molecule has 6 nitrogen and oxygen atoms in total. The van der Waals surface area contributed by atoms with E-state index in [-0.39, 0.29) is 0 Å². The molecule has 2 heterocycles. The molecule has 3 aromatic rings. The van der Waals surface area contributed by atoms with Gasteiger partial charge in [-0.2, -0.15) is 0 Å². The number of imidazole rings is 1. The second-order valence-electron chi connectivity index (χ2n) is 8.38. The molecule has 0 saturated carbocycles. The van der Waals surface area contributed by atoms with Gasteiger partial charge >= 0.3 is 0 Å². The molecule has 168 valence electrons. The summed E-state index contributed by atoms with van der Waals surface area (Å²) in [6.07, 6.45) is 8.14. The molecule has 1 saturated heterocycles. The van der Waals surface area contributed by atoms with Crippen molar-refractivity contribution in [1.82, 2.24) is 25.1 Å². The number of nitrogens with one attached hydrogen (secondary N) is 2. The van der Waals surface area contributed by atoms with Gasteiger partial charge < -0.3 is 15.2 Å². The summed E-state index contributed by atoms with van der Waals surface area (Å²) in [6.45, 7) is 7.58. The van der Waals surface area contributed by atoms with Gasteiger partial charge in [0.25, 0.3) is 0 Å². The van der Waals surface area contributed by atoms with Crippen LogP contribution in [-0.2, 0) is 19.6 Å². The zero-order valence-corrected chi connectivity index (χ0v) is 19.0. The van der Waals surface area contributed by atoms with Gasteiger partial charge in [0.15, 0.2) is 5.96 Å². The Hall–Kier alpha value is -3.12. The van der Waals surface area contributed by atoms with E-state index in [4.69, 9.17) is 4.99 Å². The van der Waals surface area contributed by atoms with E-state index < -0.39 is 0 Å². The number of likely N-dealkylation sites (tertiary alicyclic amines) is 1. The largest absolute Gasteiger partial charge is 0.357 e. The minimum absolute atomic E-state index is 0.543. The lowest BCUT2D eigenvalue weighted by Crippen LogP contribution is -2.44. The van der Waals surface area contributed by atoms with Crippen LogP contribution in [0, 0.1) is 0 Å². The summed E-state index contributed by atoms with van der Waals surface area (Å²) >= 11 is 0. The molecular weight excluding hydrogens is 396 g/mol. The van der Waals surface area contributed by atoms with E-state index in [9.17, 15) is 0 Å². The van der Waals surface area contributed by atoms with Gasteiger partial charge in [-0.1, -0.05) is 54.6 Å². The number of hydrogen-bond acceptors (Lipinski definition) is 3. The fraction of sp³-hybridized carbons (Fsp3) is 0.385. The summed E-state index contributed by atoms with van der Waals surface area (Å²) in [5.74, 6) is 0.890. The normalized spacial score (nSPS) is 16.9. The Morgan fingerprint density at radius 1 is 1.00 bits per heavy atom. The van der Waals surface area contributed by atoms with Gasteiger partial charge in [0.05, 0.1) is 12.9 Å². The van der Waals surface area contributed by atoms with Crippen molar-refractivity contribution in [3.05, 3.63) is 90.0 Å². The summed E-state index contributed by atoms with van der Waals surface area (Å²) < 4.78 is 2.07. The maximum absolute atomic E-state index is 4.82. The summed E-state index contributed by atoms with van der Waals surface area (Å²) in [5, 5.41) is 6.97. The van der Waals surface area contributed by atoms with Crippen LogP contribution >= 0.6 is 0 Å². The molecule has 0 amide bonds. The quantitative estimate of drug-likeness (QED) is 0.402. The molecule has 32 heavy (non-hydrogen) atoms. The van der Waals surface area contributed by atoms with Crippen molar-refractivity contribution >= 4 is 5.96 Å². The number of nitrogens with zero attached hydrogens (tertiary/aromatic N) is 4. The van der Waals surface area contributed by atoms with Crippen LogP contribution in [0.15, 0.2) is 78.3 Å². The van der Waals surface area contributed by atoms with Gasteiger partial charge in [-0.3, -0.25) is 4.90 Å². The Morgan fingerprint density at radius 3 is 2.53 bits per heavy atom.